The number of hydrogen-bond donors (Lipinski definition) is 2. The SMILES string of the molecule is CC1(C)C2=C(C=C3C4C=CC(c5ccc(C6NC(c7ccccc7)NC7=C6SC6CC=CC=C76)cc5)=CC4C(C)(C)C3C2)c2ccccc21. The maximum atomic E-state index is 3.99. The monoisotopic (exact) mass is 656 g/mol. The van der Waals surface area contributed by atoms with Gasteiger partial charge in [0.05, 0.1) is 11.7 Å². The predicted octanol–water partition coefficient (Wildman–Crippen LogP) is 10.7. The Hall–Kier alpha value is -4.05. The number of nitrogens with one attached hydrogen (secondary N) is 2. The van der Waals surface area contributed by atoms with Crippen LogP contribution in [0.15, 0.2) is 149 Å². The quantitative estimate of drug-likeness (QED) is 0.293. The molecule has 244 valence electrons. The molecule has 2 N–H and O–H groups in total. The first-order chi connectivity index (χ1) is 23.8. The lowest BCUT2D eigenvalue weighted by Crippen LogP contribution is -2.41. The van der Waals surface area contributed by atoms with Crippen LogP contribution in [-0.2, 0) is 5.41 Å². The Kier molecular flexibility index (Phi) is 6.53. The second-order valence-corrected chi connectivity index (χ2v) is 17.4. The summed E-state index contributed by atoms with van der Waals surface area (Å²) in [5, 5.41) is 8.37. The van der Waals surface area contributed by atoms with E-state index in [1.54, 1.807) is 11.1 Å². The molecule has 1 saturated carbocycles. The fourth-order valence-electron chi connectivity index (χ4n) is 10.2. The highest BCUT2D eigenvalue weighted by atomic mass is 32.2. The van der Waals surface area contributed by atoms with E-state index in [-0.39, 0.29) is 23.0 Å². The van der Waals surface area contributed by atoms with Crippen molar-refractivity contribution in [3.8, 4) is 0 Å². The molecule has 0 radical (unpaired) electrons. The molecule has 0 bridgehead atoms. The molecule has 2 aliphatic heterocycles. The third kappa shape index (κ3) is 4.38. The molecule has 0 spiro atoms. The number of fused-ring (bicyclic) bond motifs is 7. The molecular weight excluding hydrogens is 613 g/mol. The Balaban J connectivity index is 0.957. The number of thioether (sulfide) groups is 1. The standard InChI is InChI=1S/C46H44N2S/c1-45(2)36-16-10-8-14-31(36)34-25-35-32-23-22-30(24-37(32)46(3,4)39(35)26-38(34)45)27-18-20-28(21-19-27)41-43-42(33-15-9-11-17-40(33)49-43)48-44(47-41)29-12-6-5-7-13-29/h5-16,18-25,32,37,39-41,44,47-48H,17,26H2,1-4H3. The van der Waals surface area contributed by atoms with E-state index in [0.29, 0.717) is 23.0 Å². The van der Waals surface area contributed by atoms with Crippen LogP contribution >= 0.6 is 11.8 Å². The number of hydrogen-bond acceptors (Lipinski definition) is 3. The summed E-state index contributed by atoms with van der Waals surface area (Å²) >= 11 is 2.04. The minimum atomic E-state index is 0.0639. The van der Waals surface area contributed by atoms with Crippen molar-refractivity contribution in [2.24, 2.45) is 23.2 Å². The molecule has 3 aromatic carbocycles. The second-order valence-electron chi connectivity index (χ2n) is 16.2. The molecule has 49 heavy (non-hydrogen) atoms. The molecule has 1 fully saturated rings. The summed E-state index contributed by atoms with van der Waals surface area (Å²) in [6.07, 6.45) is 19.4. The zero-order valence-electron chi connectivity index (χ0n) is 28.8. The van der Waals surface area contributed by atoms with E-state index >= 15 is 0 Å². The molecule has 10 rings (SSSR count). The van der Waals surface area contributed by atoms with Crippen molar-refractivity contribution in [3.05, 3.63) is 177 Å². The first-order valence-corrected chi connectivity index (χ1v) is 19.1. The Bertz CT molecular complexity index is 2120. The third-order valence-corrected chi connectivity index (χ3v) is 14.4. The Morgan fingerprint density at radius 2 is 1.65 bits per heavy atom. The first kappa shape index (κ1) is 29.8. The Labute approximate surface area is 295 Å². The van der Waals surface area contributed by atoms with Crippen molar-refractivity contribution in [2.45, 2.75) is 63.4 Å². The van der Waals surface area contributed by atoms with Crippen LogP contribution in [-0.4, -0.2) is 5.25 Å². The van der Waals surface area contributed by atoms with Crippen molar-refractivity contribution in [3.63, 3.8) is 0 Å². The summed E-state index contributed by atoms with van der Waals surface area (Å²) in [6, 6.07) is 29.6. The van der Waals surface area contributed by atoms with Crippen LogP contribution in [0.25, 0.3) is 11.1 Å². The lowest BCUT2D eigenvalue weighted by Gasteiger charge is -2.37. The molecule has 2 nitrogen and oxygen atoms in total. The van der Waals surface area contributed by atoms with Crippen LogP contribution in [0, 0.1) is 23.2 Å². The van der Waals surface area contributed by atoms with E-state index in [2.05, 4.69) is 160 Å². The van der Waals surface area contributed by atoms with Gasteiger partial charge in [-0.3, -0.25) is 5.32 Å². The Morgan fingerprint density at radius 1 is 0.857 bits per heavy atom. The normalized spacial score (nSPS) is 31.1. The van der Waals surface area contributed by atoms with E-state index in [1.165, 1.54) is 61.6 Å². The van der Waals surface area contributed by atoms with Gasteiger partial charge in [-0.2, -0.15) is 0 Å². The molecule has 6 unspecified atom stereocenters. The second kappa shape index (κ2) is 10.7. The van der Waals surface area contributed by atoms with Gasteiger partial charge in [0.25, 0.3) is 0 Å². The van der Waals surface area contributed by atoms with Crippen LogP contribution in [0.3, 0.4) is 0 Å². The smallest absolute Gasteiger partial charge is 0.104 e. The lowest BCUT2D eigenvalue weighted by molar-refractivity contribution is 0.213. The van der Waals surface area contributed by atoms with Crippen LogP contribution < -0.4 is 10.6 Å². The third-order valence-electron chi connectivity index (χ3n) is 13.0. The summed E-state index contributed by atoms with van der Waals surface area (Å²) in [5.41, 5.74) is 16.1. The highest BCUT2D eigenvalue weighted by Gasteiger charge is 2.54. The van der Waals surface area contributed by atoms with Crippen molar-refractivity contribution in [1.29, 1.82) is 0 Å². The van der Waals surface area contributed by atoms with Crippen LogP contribution in [0.4, 0.5) is 0 Å². The number of rotatable bonds is 3. The zero-order chi connectivity index (χ0) is 33.1. The summed E-state index contributed by atoms with van der Waals surface area (Å²) in [6.45, 7) is 9.95. The van der Waals surface area contributed by atoms with Gasteiger partial charge in [0, 0.05) is 21.5 Å². The summed E-state index contributed by atoms with van der Waals surface area (Å²) in [5.74, 6) is 1.53. The molecule has 2 heterocycles. The maximum Gasteiger partial charge on any atom is 0.104 e. The van der Waals surface area contributed by atoms with Gasteiger partial charge in [-0.25, -0.2) is 0 Å². The average Bonchev–Trinajstić information content (AvgIpc) is 3.70. The number of benzene rings is 3. The van der Waals surface area contributed by atoms with Crippen molar-refractivity contribution >= 4 is 22.9 Å². The van der Waals surface area contributed by atoms with Crippen molar-refractivity contribution in [2.75, 3.05) is 0 Å². The van der Waals surface area contributed by atoms with E-state index in [0.717, 1.165) is 6.42 Å². The van der Waals surface area contributed by atoms with Gasteiger partial charge >= 0.3 is 0 Å². The van der Waals surface area contributed by atoms with Gasteiger partial charge in [0.2, 0.25) is 0 Å². The molecule has 7 aliphatic rings. The highest BCUT2D eigenvalue weighted by Crippen LogP contribution is 2.64. The molecule has 5 aliphatic carbocycles. The summed E-state index contributed by atoms with van der Waals surface area (Å²) < 4.78 is 0. The van der Waals surface area contributed by atoms with E-state index in [1.807, 2.05) is 11.8 Å². The van der Waals surface area contributed by atoms with Crippen LogP contribution in [0.5, 0.6) is 0 Å². The van der Waals surface area contributed by atoms with E-state index in [9.17, 15) is 0 Å². The predicted molar refractivity (Wildman–Crippen MR) is 205 cm³/mol. The first-order valence-electron chi connectivity index (χ1n) is 18.2. The minimum Gasteiger partial charge on any atom is -0.365 e. The van der Waals surface area contributed by atoms with Gasteiger partial charge in [-0.15, -0.1) is 11.8 Å². The minimum absolute atomic E-state index is 0.0639. The largest absolute Gasteiger partial charge is 0.365 e. The van der Waals surface area contributed by atoms with Gasteiger partial charge in [0.1, 0.15) is 6.17 Å². The topological polar surface area (TPSA) is 24.1 Å². The Morgan fingerprint density at radius 3 is 2.49 bits per heavy atom. The number of allylic oxidation sites excluding steroid dienone is 12. The van der Waals surface area contributed by atoms with Crippen molar-refractivity contribution < 1.29 is 0 Å². The molecule has 6 atom stereocenters. The molecular formula is C46H44N2S. The molecule has 0 amide bonds. The van der Waals surface area contributed by atoms with Crippen LogP contribution in [0.1, 0.15) is 80.6 Å². The van der Waals surface area contributed by atoms with Gasteiger partial charge in [-0.05, 0) is 74.6 Å². The molecule has 0 aromatic heterocycles. The zero-order valence-corrected chi connectivity index (χ0v) is 29.7. The van der Waals surface area contributed by atoms with Gasteiger partial charge < -0.3 is 5.32 Å². The summed E-state index contributed by atoms with van der Waals surface area (Å²) in [7, 11) is 0. The van der Waals surface area contributed by atoms with Gasteiger partial charge in [-0.1, -0.05) is 160 Å². The molecule has 3 aromatic rings. The molecule has 3 heteroatoms. The highest BCUT2D eigenvalue weighted by molar-refractivity contribution is 8.04. The van der Waals surface area contributed by atoms with Crippen LogP contribution in [0.2, 0.25) is 0 Å². The van der Waals surface area contributed by atoms with E-state index in [4.69, 9.17) is 0 Å². The van der Waals surface area contributed by atoms with Gasteiger partial charge in [0.15, 0.2) is 0 Å². The maximum absolute atomic E-state index is 3.99. The van der Waals surface area contributed by atoms with E-state index < -0.39 is 0 Å². The molecule has 0 saturated heterocycles. The van der Waals surface area contributed by atoms with Crippen molar-refractivity contribution in [1.82, 2.24) is 10.6 Å². The summed E-state index contributed by atoms with van der Waals surface area (Å²) in [4.78, 5) is 1.43. The fraction of sp³-hybridized carbons (Fsp3) is 0.304. The lowest BCUT2D eigenvalue weighted by atomic mass is 9.67. The fourth-order valence-corrected chi connectivity index (χ4v) is 11.7. The average molecular weight is 657 g/mol.